The third kappa shape index (κ3) is 2.77. The summed E-state index contributed by atoms with van der Waals surface area (Å²) < 4.78 is 27.7. The van der Waals surface area contributed by atoms with Crippen LogP contribution in [0.25, 0.3) is 0 Å². The van der Waals surface area contributed by atoms with E-state index in [1.807, 2.05) is 6.92 Å². The maximum atomic E-state index is 12.6. The van der Waals surface area contributed by atoms with Crippen LogP contribution in [0, 0.1) is 5.92 Å². The first-order valence-corrected chi connectivity index (χ1v) is 9.21. The quantitative estimate of drug-likeness (QED) is 0.787. The van der Waals surface area contributed by atoms with Crippen LogP contribution >= 0.6 is 38.9 Å². The summed E-state index contributed by atoms with van der Waals surface area (Å²) in [6.07, 6.45) is 2.00. The smallest absolute Gasteiger partial charge is 0.206 e. The Morgan fingerprint density at radius 2 is 2.11 bits per heavy atom. The van der Waals surface area contributed by atoms with Crippen molar-refractivity contribution in [2.75, 3.05) is 6.54 Å². The summed E-state index contributed by atoms with van der Waals surface area (Å²) in [4.78, 5) is 0. The topological polar surface area (TPSA) is 37.4 Å². The van der Waals surface area contributed by atoms with E-state index in [-0.39, 0.29) is 6.04 Å². The molecule has 1 saturated heterocycles. The summed E-state index contributed by atoms with van der Waals surface area (Å²) in [5.74, 6) is 0.412. The molecule has 0 bridgehead atoms. The molecule has 18 heavy (non-hydrogen) atoms. The number of sulfonamides is 1. The van der Waals surface area contributed by atoms with Crippen molar-refractivity contribution in [2.24, 2.45) is 5.92 Å². The van der Waals surface area contributed by atoms with Gasteiger partial charge < -0.3 is 0 Å². The van der Waals surface area contributed by atoms with Crippen LogP contribution in [0.5, 0.6) is 0 Å². The van der Waals surface area contributed by atoms with Gasteiger partial charge in [0.1, 0.15) is 4.21 Å². The lowest BCUT2D eigenvalue weighted by Crippen LogP contribution is -2.44. The van der Waals surface area contributed by atoms with Gasteiger partial charge in [-0.1, -0.05) is 18.5 Å². The van der Waals surface area contributed by atoms with Crippen LogP contribution in [0.15, 0.2) is 14.1 Å². The monoisotopic (exact) mass is 371 g/mol. The van der Waals surface area contributed by atoms with Gasteiger partial charge in [0.25, 0.3) is 10.0 Å². The first-order chi connectivity index (χ1) is 8.32. The highest BCUT2D eigenvalue weighted by Gasteiger charge is 2.34. The van der Waals surface area contributed by atoms with Crippen molar-refractivity contribution in [2.45, 2.75) is 36.9 Å². The van der Waals surface area contributed by atoms with Crippen LogP contribution in [0.1, 0.15) is 26.7 Å². The second-order valence-corrected chi connectivity index (χ2v) is 9.69. The Morgan fingerprint density at radius 1 is 1.44 bits per heavy atom. The Morgan fingerprint density at radius 3 is 2.67 bits per heavy atom. The minimum atomic E-state index is -3.41. The molecule has 1 aromatic heterocycles. The summed E-state index contributed by atoms with van der Waals surface area (Å²) >= 11 is 10.4. The number of thiophene rings is 1. The SMILES string of the molecule is CC1CCC(C)N(S(=O)(=O)c2cc(Cl)c(Br)s2)C1. The van der Waals surface area contributed by atoms with E-state index in [1.54, 1.807) is 4.31 Å². The summed E-state index contributed by atoms with van der Waals surface area (Å²) in [7, 11) is -3.41. The predicted molar refractivity (Wildman–Crippen MR) is 78.8 cm³/mol. The van der Waals surface area contributed by atoms with Crippen LogP contribution in [0.2, 0.25) is 5.02 Å². The highest BCUT2D eigenvalue weighted by Crippen LogP contribution is 2.37. The molecule has 2 heterocycles. The average molecular weight is 373 g/mol. The molecule has 0 radical (unpaired) electrons. The number of piperidine rings is 1. The van der Waals surface area contributed by atoms with Crippen LogP contribution < -0.4 is 0 Å². The molecular formula is C11H15BrClNO2S2. The molecule has 0 aliphatic carbocycles. The average Bonchev–Trinajstić information content (AvgIpc) is 2.63. The van der Waals surface area contributed by atoms with Crippen molar-refractivity contribution < 1.29 is 8.42 Å². The summed E-state index contributed by atoms with van der Waals surface area (Å²) in [6.45, 7) is 4.65. The zero-order valence-corrected chi connectivity index (χ0v) is 14.2. The fraction of sp³-hybridized carbons (Fsp3) is 0.636. The number of halogens is 2. The molecule has 1 aliphatic heterocycles. The van der Waals surface area contributed by atoms with Crippen LogP contribution in [0.4, 0.5) is 0 Å². The van der Waals surface area contributed by atoms with Crippen LogP contribution in [0.3, 0.4) is 0 Å². The lowest BCUT2D eigenvalue weighted by molar-refractivity contribution is 0.218. The standard InChI is InChI=1S/C11H15BrClNO2S2/c1-7-3-4-8(2)14(6-7)18(15,16)10-5-9(13)11(12)17-10/h5,7-8H,3-4,6H2,1-2H3. The zero-order valence-electron chi connectivity index (χ0n) is 10.2. The van der Waals surface area contributed by atoms with Crippen LogP contribution in [-0.2, 0) is 10.0 Å². The van der Waals surface area contributed by atoms with Crippen molar-refractivity contribution >= 4 is 48.9 Å². The maximum absolute atomic E-state index is 12.6. The molecule has 2 unspecified atom stereocenters. The fourth-order valence-electron chi connectivity index (χ4n) is 2.15. The van der Waals surface area contributed by atoms with E-state index >= 15 is 0 Å². The van der Waals surface area contributed by atoms with Gasteiger partial charge in [-0.15, -0.1) is 11.3 Å². The first-order valence-electron chi connectivity index (χ1n) is 5.79. The van der Waals surface area contributed by atoms with Crippen molar-refractivity contribution in [3.8, 4) is 0 Å². The van der Waals surface area contributed by atoms with E-state index in [4.69, 9.17) is 11.6 Å². The Bertz CT molecular complexity index is 524. The van der Waals surface area contributed by atoms with E-state index in [2.05, 4.69) is 22.9 Å². The van der Waals surface area contributed by atoms with E-state index in [9.17, 15) is 8.42 Å². The summed E-state index contributed by atoms with van der Waals surface area (Å²) in [6, 6.07) is 1.59. The molecule has 1 aliphatic rings. The molecule has 3 nitrogen and oxygen atoms in total. The summed E-state index contributed by atoms with van der Waals surface area (Å²) in [5, 5.41) is 0.455. The van der Waals surface area contributed by atoms with Gasteiger partial charge in [0, 0.05) is 12.6 Å². The number of nitrogens with zero attached hydrogens (tertiary/aromatic N) is 1. The first kappa shape index (κ1) is 14.8. The lowest BCUT2D eigenvalue weighted by Gasteiger charge is -2.35. The maximum Gasteiger partial charge on any atom is 0.252 e. The molecule has 1 aromatic rings. The predicted octanol–water partition coefficient (Wildman–Crippen LogP) is 3.97. The van der Waals surface area contributed by atoms with Gasteiger partial charge in [-0.05, 0) is 47.7 Å². The van der Waals surface area contributed by atoms with E-state index < -0.39 is 10.0 Å². The number of hydrogen-bond donors (Lipinski definition) is 0. The summed E-state index contributed by atoms with van der Waals surface area (Å²) in [5.41, 5.74) is 0. The minimum absolute atomic E-state index is 0.0610. The Labute approximate surface area is 125 Å². The minimum Gasteiger partial charge on any atom is -0.206 e. The van der Waals surface area contributed by atoms with Gasteiger partial charge in [0.05, 0.1) is 8.81 Å². The van der Waals surface area contributed by atoms with Gasteiger partial charge in [0.2, 0.25) is 0 Å². The van der Waals surface area contributed by atoms with Crippen molar-refractivity contribution in [3.05, 3.63) is 14.9 Å². The number of hydrogen-bond acceptors (Lipinski definition) is 3. The third-order valence-electron chi connectivity index (χ3n) is 3.25. The Hall–Kier alpha value is 0.380. The normalized spacial score (nSPS) is 26.4. The molecule has 102 valence electrons. The van der Waals surface area contributed by atoms with E-state index in [0.717, 1.165) is 12.8 Å². The highest BCUT2D eigenvalue weighted by atomic mass is 79.9. The largest absolute Gasteiger partial charge is 0.252 e. The molecule has 2 rings (SSSR count). The molecule has 0 spiro atoms. The van der Waals surface area contributed by atoms with Gasteiger partial charge >= 0.3 is 0 Å². The lowest BCUT2D eigenvalue weighted by atomic mass is 9.97. The second kappa shape index (κ2) is 5.40. The fourth-order valence-corrected chi connectivity index (χ4v) is 6.46. The molecule has 7 heteroatoms. The van der Waals surface area contributed by atoms with Gasteiger partial charge in [0.15, 0.2) is 0 Å². The highest BCUT2D eigenvalue weighted by molar-refractivity contribution is 9.11. The van der Waals surface area contributed by atoms with Gasteiger partial charge in [-0.25, -0.2) is 8.42 Å². The number of rotatable bonds is 2. The molecule has 1 fully saturated rings. The van der Waals surface area contributed by atoms with E-state index in [1.165, 1.54) is 17.4 Å². The molecule has 0 N–H and O–H groups in total. The van der Waals surface area contributed by atoms with Crippen molar-refractivity contribution in [1.82, 2.24) is 4.31 Å². The molecular weight excluding hydrogens is 358 g/mol. The molecule has 0 saturated carbocycles. The van der Waals surface area contributed by atoms with Crippen molar-refractivity contribution in [3.63, 3.8) is 0 Å². The Kier molecular flexibility index (Phi) is 4.44. The zero-order chi connectivity index (χ0) is 13.5. The van der Waals surface area contributed by atoms with E-state index in [0.29, 0.717) is 25.5 Å². The van der Waals surface area contributed by atoms with Gasteiger partial charge in [-0.2, -0.15) is 4.31 Å². The second-order valence-electron chi connectivity index (χ2n) is 4.79. The third-order valence-corrected chi connectivity index (χ3v) is 8.15. The van der Waals surface area contributed by atoms with Crippen LogP contribution in [-0.4, -0.2) is 25.3 Å². The van der Waals surface area contributed by atoms with Gasteiger partial charge in [-0.3, -0.25) is 0 Å². The molecule has 0 amide bonds. The molecule has 0 aromatic carbocycles. The Balaban J connectivity index is 2.35. The van der Waals surface area contributed by atoms with Crippen molar-refractivity contribution in [1.29, 1.82) is 0 Å². The molecule has 2 atom stereocenters.